The van der Waals surface area contributed by atoms with Crippen molar-refractivity contribution < 1.29 is 19.1 Å². The molecule has 3 atom stereocenters. The predicted molar refractivity (Wildman–Crippen MR) is 110 cm³/mol. The predicted octanol–water partition coefficient (Wildman–Crippen LogP) is 1.45. The van der Waals surface area contributed by atoms with Gasteiger partial charge in [-0.1, -0.05) is 24.3 Å². The second-order valence-electron chi connectivity index (χ2n) is 8.62. The van der Waals surface area contributed by atoms with E-state index in [0.717, 1.165) is 36.5 Å². The molecule has 8 heteroatoms. The lowest BCUT2D eigenvalue weighted by molar-refractivity contribution is -0.139. The molecule has 1 aromatic carbocycles. The number of nitrogens with zero attached hydrogens (tertiary/aromatic N) is 2. The van der Waals surface area contributed by atoms with Crippen molar-refractivity contribution in [2.75, 3.05) is 32.8 Å². The van der Waals surface area contributed by atoms with Gasteiger partial charge in [0, 0.05) is 37.7 Å². The zero-order chi connectivity index (χ0) is 20.8. The van der Waals surface area contributed by atoms with Gasteiger partial charge in [0.15, 0.2) is 6.23 Å². The topological polar surface area (TPSA) is 83.1 Å². The van der Waals surface area contributed by atoms with Crippen molar-refractivity contribution in [2.45, 2.75) is 44.6 Å². The van der Waals surface area contributed by atoms with E-state index in [1.165, 1.54) is 5.56 Å². The van der Waals surface area contributed by atoms with Crippen molar-refractivity contribution in [3.8, 4) is 0 Å². The van der Waals surface area contributed by atoms with E-state index in [-0.39, 0.29) is 36.9 Å². The third kappa shape index (κ3) is 3.49. The molecule has 8 nitrogen and oxygen atoms in total. The van der Waals surface area contributed by atoms with E-state index < -0.39 is 0 Å². The number of likely N-dealkylation sites (tertiary alicyclic amines) is 2. The summed E-state index contributed by atoms with van der Waals surface area (Å²) < 4.78 is 11.4. The molecule has 30 heavy (non-hydrogen) atoms. The molecule has 5 rings (SSSR count). The summed E-state index contributed by atoms with van der Waals surface area (Å²) in [6.07, 6.45) is 0.792. The second-order valence-corrected chi connectivity index (χ2v) is 8.62. The summed E-state index contributed by atoms with van der Waals surface area (Å²) in [6, 6.07) is 8.41. The Labute approximate surface area is 176 Å². The average molecular weight is 412 g/mol. The van der Waals surface area contributed by atoms with Gasteiger partial charge in [-0.3, -0.25) is 4.79 Å². The van der Waals surface area contributed by atoms with Crippen LogP contribution in [0.1, 0.15) is 37.3 Å². The summed E-state index contributed by atoms with van der Waals surface area (Å²) in [5, 5.41) is 6.22. The number of amides is 3. The van der Waals surface area contributed by atoms with Crippen molar-refractivity contribution >= 4 is 17.7 Å². The zero-order valence-electron chi connectivity index (χ0n) is 17.4. The lowest BCUT2D eigenvalue weighted by atomic mass is 9.90. The van der Waals surface area contributed by atoms with Crippen LogP contribution >= 0.6 is 0 Å². The van der Waals surface area contributed by atoms with Crippen molar-refractivity contribution in [3.05, 3.63) is 41.1 Å². The van der Waals surface area contributed by atoms with Gasteiger partial charge in [0.05, 0.1) is 17.8 Å². The van der Waals surface area contributed by atoms with Crippen LogP contribution in [0.3, 0.4) is 0 Å². The van der Waals surface area contributed by atoms with Crippen molar-refractivity contribution in [1.82, 2.24) is 20.4 Å². The van der Waals surface area contributed by atoms with Crippen molar-refractivity contribution in [1.29, 1.82) is 0 Å². The molecule has 1 aromatic rings. The lowest BCUT2D eigenvalue weighted by Gasteiger charge is -2.46. The highest BCUT2D eigenvalue weighted by Gasteiger charge is 2.40. The molecule has 160 valence electrons. The van der Waals surface area contributed by atoms with Gasteiger partial charge in [-0.25, -0.2) is 4.79 Å². The van der Waals surface area contributed by atoms with E-state index >= 15 is 0 Å². The number of nitrogens with one attached hydrogen (secondary N) is 2. The molecular weight excluding hydrogens is 384 g/mol. The third-order valence-corrected chi connectivity index (χ3v) is 6.45. The Bertz CT molecular complexity index is 878. The molecule has 4 heterocycles. The fourth-order valence-electron chi connectivity index (χ4n) is 4.78. The molecule has 0 aromatic heterocycles. The molecule has 2 N–H and O–H groups in total. The van der Waals surface area contributed by atoms with E-state index in [1.54, 1.807) is 0 Å². The molecule has 0 spiro atoms. The number of fused-ring (bicyclic) bond motifs is 1. The number of allylic oxidation sites excluding steroid dienone is 1. The Balaban J connectivity index is 1.16. The first kappa shape index (κ1) is 19.2. The standard InChI is InChI=1S/C22H28N4O4/c1-13-21(30-14(2)23-13)16-5-3-15(4-6-16)17-9-26(10-17)22(28)25-8-7-19-18(11-25)24-20(27)12-29-19/h3-6,14,17-19,23H,7-12H2,1-2H3,(H,24,27)/t14?,18-,19+/m1/s1. The van der Waals surface area contributed by atoms with Gasteiger partial charge in [-0.2, -0.15) is 0 Å². The number of benzene rings is 1. The van der Waals surface area contributed by atoms with Gasteiger partial charge < -0.3 is 29.9 Å². The zero-order valence-corrected chi connectivity index (χ0v) is 17.4. The number of piperidine rings is 1. The highest BCUT2D eigenvalue weighted by atomic mass is 16.5. The van der Waals surface area contributed by atoms with Gasteiger partial charge >= 0.3 is 6.03 Å². The Morgan fingerprint density at radius 3 is 2.57 bits per heavy atom. The molecule has 0 radical (unpaired) electrons. The minimum Gasteiger partial charge on any atom is -0.469 e. The van der Waals surface area contributed by atoms with Crippen LogP contribution in [0.4, 0.5) is 4.79 Å². The van der Waals surface area contributed by atoms with Crippen LogP contribution in [0.25, 0.3) is 5.76 Å². The minimum atomic E-state index is -0.0998. The average Bonchev–Trinajstić information content (AvgIpc) is 3.04. The Hall–Kier alpha value is -2.74. The number of hydrogen-bond acceptors (Lipinski definition) is 5. The van der Waals surface area contributed by atoms with E-state index in [2.05, 4.69) is 34.9 Å². The van der Waals surface area contributed by atoms with Crippen molar-refractivity contribution in [2.24, 2.45) is 0 Å². The molecule has 0 bridgehead atoms. The Morgan fingerprint density at radius 1 is 1.10 bits per heavy atom. The van der Waals surface area contributed by atoms with Crippen LogP contribution in [-0.4, -0.2) is 72.9 Å². The largest absolute Gasteiger partial charge is 0.469 e. The summed E-state index contributed by atoms with van der Waals surface area (Å²) in [5.74, 6) is 1.16. The van der Waals surface area contributed by atoms with Crippen LogP contribution < -0.4 is 10.6 Å². The monoisotopic (exact) mass is 412 g/mol. The summed E-state index contributed by atoms with van der Waals surface area (Å²) in [4.78, 5) is 28.2. The fraction of sp³-hybridized carbons (Fsp3) is 0.545. The normalized spacial score (nSPS) is 29.0. The van der Waals surface area contributed by atoms with Gasteiger partial charge in [-0.15, -0.1) is 0 Å². The first-order valence-electron chi connectivity index (χ1n) is 10.7. The molecule has 3 fully saturated rings. The summed E-state index contributed by atoms with van der Waals surface area (Å²) in [5.41, 5.74) is 3.37. The highest BCUT2D eigenvalue weighted by molar-refractivity contribution is 5.79. The number of hydrogen-bond donors (Lipinski definition) is 2. The Morgan fingerprint density at radius 2 is 1.87 bits per heavy atom. The van der Waals surface area contributed by atoms with Gasteiger partial charge in [-0.05, 0) is 25.8 Å². The maximum absolute atomic E-state index is 12.9. The molecular formula is C22H28N4O4. The van der Waals surface area contributed by atoms with Crippen molar-refractivity contribution in [3.63, 3.8) is 0 Å². The molecule has 4 aliphatic rings. The summed E-state index contributed by atoms with van der Waals surface area (Å²) in [6.45, 7) is 6.78. The third-order valence-electron chi connectivity index (χ3n) is 6.45. The summed E-state index contributed by atoms with van der Waals surface area (Å²) in [7, 11) is 0. The van der Waals surface area contributed by atoms with Crippen LogP contribution in [0.2, 0.25) is 0 Å². The molecule has 4 aliphatic heterocycles. The Kier molecular flexibility index (Phi) is 4.81. The maximum Gasteiger partial charge on any atom is 0.320 e. The smallest absolute Gasteiger partial charge is 0.320 e. The van der Waals surface area contributed by atoms with Gasteiger partial charge in [0.25, 0.3) is 0 Å². The van der Waals surface area contributed by atoms with E-state index in [4.69, 9.17) is 9.47 Å². The number of rotatable bonds is 2. The van der Waals surface area contributed by atoms with Gasteiger partial charge in [0.1, 0.15) is 12.4 Å². The number of morpholine rings is 1. The second kappa shape index (κ2) is 7.50. The van der Waals surface area contributed by atoms with Crippen LogP contribution in [0.15, 0.2) is 30.0 Å². The number of urea groups is 1. The number of ether oxygens (including phenoxy) is 2. The first-order chi connectivity index (χ1) is 14.5. The van der Waals surface area contributed by atoms with Crippen LogP contribution in [-0.2, 0) is 14.3 Å². The van der Waals surface area contributed by atoms with Gasteiger partial charge in [0.2, 0.25) is 5.91 Å². The minimum absolute atomic E-state index is 0.00411. The quantitative estimate of drug-likeness (QED) is 0.768. The highest BCUT2D eigenvalue weighted by Crippen LogP contribution is 2.31. The fourth-order valence-corrected chi connectivity index (χ4v) is 4.78. The van der Waals surface area contributed by atoms with E-state index in [9.17, 15) is 9.59 Å². The van der Waals surface area contributed by atoms with E-state index in [1.807, 2.05) is 23.6 Å². The SMILES string of the molecule is CC1=C(c2ccc(C3CN(C(=O)N4CC[C@@H]5OCC(=O)N[C@@H]5C4)C3)cc2)OC(C)N1. The molecule has 0 saturated carbocycles. The maximum atomic E-state index is 12.9. The molecule has 3 saturated heterocycles. The summed E-state index contributed by atoms with van der Waals surface area (Å²) >= 11 is 0. The number of carbonyl (C=O) groups excluding carboxylic acids is 2. The molecule has 0 aliphatic carbocycles. The first-order valence-corrected chi connectivity index (χ1v) is 10.7. The molecule has 1 unspecified atom stereocenters. The van der Waals surface area contributed by atoms with Crippen LogP contribution in [0.5, 0.6) is 0 Å². The lowest BCUT2D eigenvalue weighted by Crippen LogP contribution is -2.63. The number of carbonyl (C=O) groups is 2. The van der Waals surface area contributed by atoms with Crippen LogP contribution in [0, 0.1) is 0 Å². The molecule has 3 amide bonds. The van der Waals surface area contributed by atoms with E-state index in [0.29, 0.717) is 19.0 Å².